The van der Waals surface area contributed by atoms with Crippen molar-refractivity contribution in [3.8, 4) is 0 Å². The van der Waals surface area contributed by atoms with Crippen LogP contribution in [0.4, 0.5) is 4.39 Å². The van der Waals surface area contributed by atoms with Crippen molar-refractivity contribution in [1.82, 2.24) is 0 Å². The van der Waals surface area contributed by atoms with Crippen LogP contribution in [0.25, 0.3) is 10.5 Å². The normalized spacial score (nSPS) is 17.4. The van der Waals surface area contributed by atoms with E-state index in [0.29, 0.717) is 0 Å². The minimum atomic E-state index is -0.238. The van der Waals surface area contributed by atoms with Gasteiger partial charge in [0, 0.05) is 15.4 Å². The van der Waals surface area contributed by atoms with E-state index in [1.165, 1.54) is 12.1 Å². The molecule has 0 amide bonds. The third-order valence-corrected chi connectivity index (χ3v) is 7.10. The van der Waals surface area contributed by atoms with E-state index in [1.54, 1.807) is 21.6 Å². The summed E-state index contributed by atoms with van der Waals surface area (Å²) < 4.78 is 13.4. The summed E-state index contributed by atoms with van der Waals surface area (Å²) in [4.78, 5) is 14.4. The molecule has 134 valence electrons. The van der Waals surface area contributed by atoms with Gasteiger partial charge < -0.3 is 0 Å². The third-order valence-electron chi connectivity index (χ3n) is 4.55. The van der Waals surface area contributed by atoms with E-state index >= 15 is 0 Å². The molecule has 0 aromatic heterocycles. The molecule has 0 bridgehead atoms. The number of benzene rings is 2. The van der Waals surface area contributed by atoms with Crippen LogP contribution in [0.1, 0.15) is 25.0 Å². The van der Waals surface area contributed by atoms with Gasteiger partial charge in [0.25, 0.3) is 0 Å². The van der Waals surface area contributed by atoms with Gasteiger partial charge in [-0.15, -0.1) is 0 Å². The monoisotopic (exact) mass is 392 g/mol. The van der Waals surface area contributed by atoms with Gasteiger partial charge >= 0.3 is 0 Å². The molecule has 4 heteroatoms. The van der Waals surface area contributed by atoms with Gasteiger partial charge in [-0.1, -0.05) is 64.1 Å². The van der Waals surface area contributed by atoms with E-state index in [4.69, 9.17) is 0 Å². The predicted octanol–water partition coefficient (Wildman–Crippen LogP) is 6.82. The van der Waals surface area contributed by atoms with Crippen LogP contribution in [0.2, 0.25) is 0 Å². The van der Waals surface area contributed by atoms with Gasteiger partial charge in [-0.3, -0.25) is 4.79 Å². The average Bonchev–Trinajstić information content (AvgIpc) is 3.12. The first-order valence-corrected chi connectivity index (χ1v) is 10.8. The molecule has 1 aliphatic carbocycles. The van der Waals surface area contributed by atoms with Crippen molar-refractivity contribution >= 4 is 37.8 Å². The van der Waals surface area contributed by atoms with Crippen molar-refractivity contribution in [2.45, 2.75) is 13.8 Å². The molecule has 4 rings (SSSR count). The number of Topliss-reactive ketones (excluding diaryl/α,β-unsaturated/α-hetero) is 1. The first kappa shape index (κ1) is 18.1. The molecule has 0 spiro atoms. The van der Waals surface area contributed by atoms with Crippen LogP contribution >= 0.6 is 21.6 Å². The number of hydrogen-bond donors (Lipinski definition) is 0. The second-order valence-corrected chi connectivity index (χ2v) is 8.66. The lowest BCUT2D eigenvalue weighted by Crippen LogP contribution is -2.06. The van der Waals surface area contributed by atoms with Crippen molar-refractivity contribution < 1.29 is 9.18 Å². The zero-order chi connectivity index (χ0) is 19.0. The first-order chi connectivity index (χ1) is 13.0. The summed E-state index contributed by atoms with van der Waals surface area (Å²) in [5.74, 6) is -0.142. The van der Waals surface area contributed by atoms with Gasteiger partial charge in [0.2, 0.25) is 0 Å². The summed E-state index contributed by atoms with van der Waals surface area (Å²) in [7, 11) is 3.37. The number of carbonyl (C=O) groups excluding carboxylic acids is 1. The molecule has 0 unspecified atom stereocenters. The fourth-order valence-corrected chi connectivity index (χ4v) is 6.07. The Bertz CT molecular complexity index is 1020. The molecule has 1 heterocycles. The first-order valence-electron chi connectivity index (χ1n) is 8.60. The molecule has 0 saturated carbocycles. The second kappa shape index (κ2) is 7.37. The number of hydrogen-bond acceptors (Lipinski definition) is 3. The van der Waals surface area contributed by atoms with Crippen LogP contribution < -0.4 is 0 Å². The average molecular weight is 393 g/mol. The Kier molecular flexibility index (Phi) is 4.94. The van der Waals surface area contributed by atoms with Crippen LogP contribution in [0.5, 0.6) is 0 Å². The topological polar surface area (TPSA) is 17.1 Å². The van der Waals surface area contributed by atoms with Crippen LogP contribution in [-0.2, 0) is 4.79 Å². The quantitative estimate of drug-likeness (QED) is 0.522. The molecule has 0 fully saturated rings. The Morgan fingerprint density at radius 3 is 1.96 bits per heavy atom. The maximum absolute atomic E-state index is 13.4. The zero-order valence-corrected chi connectivity index (χ0v) is 16.6. The molecule has 2 aromatic carbocycles. The largest absolute Gasteiger partial charge is 0.289 e. The van der Waals surface area contributed by atoms with Gasteiger partial charge in [0.05, 0.1) is 0 Å². The van der Waals surface area contributed by atoms with Crippen molar-refractivity contribution in [1.29, 1.82) is 0 Å². The highest BCUT2D eigenvalue weighted by Crippen LogP contribution is 2.58. The number of rotatable bonds is 2. The maximum Gasteiger partial charge on any atom is 0.184 e. The molecule has 0 N–H and O–H groups in total. The van der Waals surface area contributed by atoms with Gasteiger partial charge in [-0.05, 0) is 66.0 Å². The molecule has 27 heavy (non-hydrogen) atoms. The maximum atomic E-state index is 13.4. The fourth-order valence-electron chi connectivity index (χ4n) is 3.20. The lowest BCUT2D eigenvalue weighted by Gasteiger charge is -2.14. The number of ketones is 1. The lowest BCUT2D eigenvalue weighted by atomic mass is 9.92. The Morgan fingerprint density at radius 1 is 0.741 bits per heavy atom. The Hall–Kier alpha value is -2.30. The molecular weight excluding hydrogens is 375 g/mol. The van der Waals surface area contributed by atoms with Gasteiger partial charge in [-0.25, -0.2) is 4.39 Å². The number of carbonyl (C=O) groups is 1. The molecule has 1 nitrogen and oxygen atoms in total. The smallest absolute Gasteiger partial charge is 0.184 e. The molecule has 0 saturated heterocycles. The SMILES string of the molecule is CC1=CC(=C2SSC(c3ccc(F)cc3)=C2c2ccccc2)C=C(C)C1=O. The van der Waals surface area contributed by atoms with E-state index in [1.807, 2.05) is 56.3 Å². The minimum Gasteiger partial charge on any atom is -0.289 e. The molecule has 0 atom stereocenters. The van der Waals surface area contributed by atoms with Crippen molar-refractivity contribution in [2.24, 2.45) is 0 Å². The summed E-state index contributed by atoms with van der Waals surface area (Å²) in [6.07, 6.45) is 3.93. The van der Waals surface area contributed by atoms with Crippen LogP contribution in [0.15, 0.2) is 88.4 Å². The van der Waals surface area contributed by atoms with Crippen molar-refractivity contribution in [2.75, 3.05) is 0 Å². The highest BCUT2D eigenvalue weighted by molar-refractivity contribution is 8.82. The van der Waals surface area contributed by atoms with Gasteiger partial charge in [-0.2, -0.15) is 0 Å². The third kappa shape index (κ3) is 3.47. The predicted molar refractivity (Wildman–Crippen MR) is 114 cm³/mol. The Labute approximate surface area is 166 Å². The second-order valence-electron chi connectivity index (χ2n) is 6.51. The summed E-state index contributed by atoms with van der Waals surface area (Å²) in [5.41, 5.74) is 5.81. The highest BCUT2D eigenvalue weighted by Gasteiger charge is 2.27. The summed E-state index contributed by atoms with van der Waals surface area (Å²) in [6, 6.07) is 16.9. The Morgan fingerprint density at radius 2 is 1.33 bits per heavy atom. The molecular formula is C23H17FOS2. The van der Waals surface area contributed by atoms with E-state index in [9.17, 15) is 9.18 Å². The van der Waals surface area contributed by atoms with Crippen LogP contribution in [0.3, 0.4) is 0 Å². The van der Waals surface area contributed by atoms with Gasteiger partial charge in [0.15, 0.2) is 5.78 Å². The standard InChI is InChI=1S/C23H17FOS2/c1-14-12-18(13-15(2)21(14)25)23-20(16-6-4-3-5-7-16)22(26-27-23)17-8-10-19(24)11-9-17/h3-13H,1-2H3. The minimum absolute atomic E-state index is 0.0963. The lowest BCUT2D eigenvalue weighted by molar-refractivity contribution is -0.112. The van der Waals surface area contributed by atoms with Crippen LogP contribution in [0, 0.1) is 5.82 Å². The van der Waals surface area contributed by atoms with E-state index in [2.05, 4.69) is 12.1 Å². The van der Waals surface area contributed by atoms with E-state index < -0.39 is 0 Å². The summed E-state index contributed by atoms with van der Waals surface area (Å²) in [6.45, 7) is 3.72. The summed E-state index contributed by atoms with van der Waals surface area (Å²) >= 11 is 0. The highest BCUT2D eigenvalue weighted by atomic mass is 33.1. The number of halogens is 1. The van der Waals surface area contributed by atoms with Crippen LogP contribution in [-0.4, -0.2) is 5.78 Å². The molecule has 1 aliphatic heterocycles. The molecule has 2 aliphatic rings. The van der Waals surface area contributed by atoms with E-state index in [0.717, 1.165) is 43.2 Å². The van der Waals surface area contributed by atoms with Crippen molar-refractivity contribution in [3.63, 3.8) is 0 Å². The van der Waals surface area contributed by atoms with E-state index in [-0.39, 0.29) is 11.6 Å². The number of allylic oxidation sites excluding steroid dienone is 6. The molecule has 2 aromatic rings. The zero-order valence-electron chi connectivity index (χ0n) is 15.0. The Balaban J connectivity index is 1.95. The molecule has 0 radical (unpaired) electrons. The summed E-state index contributed by atoms with van der Waals surface area (Å²) in [5, 5.41) is 0. The van der Waals surface area contributed by atoms with Crippen molar-refractivity contribution in [3.05, 3.63) is 105 Å². The van der Waals surface area contributed by atoms with Gasteiger partial charge in [0.1, 0.15) is 5.82 Å². The fraction of sp³-hybridized carbons (Fsp3) is 0.0870.